The van der Waals surface area contributed by atoms with Gasteiger partial charge >= 0.3 is 6.18 Å². The monoisotopic (exact) mass is 290 g/mol. The van der Waals surface area contributed by atoms with E-state index in [2.05, 4.69) is 11.6 Å². The number of pyridine rings is 1. The van der Waals surface area contributed by atoms with E-state index >= 15 is 0 Å². The summed E-state index contributed by atoms with van der Waals surface area (Å²) in [6, 6.07) is 1.98. The molecule has 1 aliphatic heterocycles. The van der Waals surface area contributed by atoms with Gasteiger partial charge in [0.05, 0.1) is 5.69 Å². The quantitative estimate of drug-likeness (QED) is 0.618. The summed E-state index contributed by atoms with van der Waals surface area (Å²) in [5.41, 5.74) is -0.878. The lowest BCUT2D eigenvalue weighted by atomic mass is 10.1. The van der Waals surface area contributed by atoms with Crippen LogP contribution in [0.3, 0.4) is 0 Å². The minimum atomic E-state index is -4.55. The van der Waals surface area contributed by atoms with Gasteiger partial charge in [-0.15, -0.1) is 6.58 Å². The van der Waals surface area contributed by atoms with Crippen molar-refractivity contribution < 1.29 is 18.0 Å². The number of carbonyl (C=O) groups excluding carboxylic acids is 1. The smallest absolute Gasteiger partial charge is 0.309 e. The molecule has 1 unspecified atom stereocenters. The SMILES string of the molecule is C=CC1CC(=O)N(c2ccc(C(F)(F)F)nc2Cl)C1. The van der Waals surface area contributed by atoms with Crippen LogP contribution in [0.2, 0.25) is 5.15 Å². The zero-order chi connectivity index (χ0) is 14.2. The average Bonchev–Trinajstić information content (AvgIpc) is 2.69. The van der Waals surface area contributed by atoms with E-state index in [0.29, 0.717) is 6.54 Å². The van der Waals surface area contributed by atoms with Crippen LogP contribution < -0.4 is 4.90 Å². The third-order valence-corrected chi connectivity index (χ3v) is 3.18. The fourth-order valence-corrected chi connectivity index (χ4v) is 2.17. The van der Waals surface area contributed by atoms with Crippen LogP contribution in [0.5, 0.6) is 0 Å². The van der Waals surface area contributed by atoms with Gasteiger partial charge in [0, 0.05) is 18.9 Å². The van der Waals surface area contributed by atoms with Crippen LogP contribution in [-0.2, 0) is 11.0 Å². The zero-order valence-corrected chi connectivity index (χ0v) is 10.5. The summed E-state index contributed by atoms with van der Waals surface area (Å²) >= 11 is 5.74. The van der Waals surface area contributed by atoms with Crippen molar-refractivity contribution in [3.8, 4) is 0 Å². The molecule has 0 radical (unpaired) electrons. The molecule has 102 valence electrons. The molecule has 2 rings (SSSR count). The molecule has 19 heavy (non-hydrogen) atoms. The first-order valence-corrected chi connectivity index (χ1v) is 5.87. The lowest BCUT2D eigenvalue weighted by Gasteiger charge is -2.18. The van der Waals surface area contributed by atoms with Crippen molar-refractivity contribution in [3.05, 3.63) is 35.6 Å². The second-order valence-corrected chi connectivity index (χ2v) is 4.57. The second kappa shape index (κ2) is 4.85. The molecule has 1 saturated heterocycles. The zero-order valence-electron chi connectivity index (χ0n) is 9.75. The van der Waals surface area contributed by atoms with E-state index in [0.717, 1.165) is 6.07 Å². The number of nitrogens with zero attached hydrogens (tertiary/aromatic N) is 2. The summed E-state index contributed by atoms with van der Waals surface area (Å²) < 4.78 is 37.4. The van der Waals surface area contributed by atoms with Crippen LogP contribution in [0.25, 0.3) is 0 Å². The van der Waals surface area contributed by atoms with Crippen LogP contribution in [0.15, 0.2) is 24.8 Å². The molecule has 0 aromatic carbocycles. The molecule has 7 heteroatoms. The highest BCUT2D eigenvalue weighted by Crippen LogP contribution is 2.34. The minimum absolute atomic E-state index is 0.0224. The molecule has 1 aromatic heterocycles. The first-order valence-electron chi connectivity index (χ1n) is 5.49. The fourth-order valence-electron chi connectivity index (χ4n) is 1.91. The maximum absolute atomic E-state index is 12.5. The molecule has 1 amide bonds. The van der Waals surface area contributed by atoms with Gasteiger partial charge in [0.1, 0.15) is 5.69 Å². The number of aromatic nitrogens is 1. The Morgan fingerprint density at radius 3 is 2.63 bits per heavy atom. The van der Waals surface area contributed by atoms with Gasteiger partial charge in [-0.2, -0.15) is 13.2 Å². The molecule has 0 spiro atoms. The number of halogens is 4. The normalized spacial score (nSPS) is 19.9. The highest BCUT2D eigenvalue weighted by molar-refractivity contribution is 6.32. The van der Waals surface area contributed by atoms with E-state index in [1.165, 1.54) is 11.0 Å². The number of carbonyl (C=O) groups is 1. The van der Waals surface area contributed by atoms with Gasteiger partial charge in [-0.1, -0.05) is 17.7 Å². The van der Waals surface area contributed by atoms with Gasteiger partial charge in [0.25, 0.3) is 0 Å². The maximum atomic E-state index is 12.5. The van der Waals surface area contributed by atoms with Crippen molar-refractivity contribution in [3.63, 3.8) is 0 Å². The van der Waals surface area contributed by atoms with Gasteiger partial charge < -0.3 is 4.90 Å². The molecule has 1 atom stereocenters. The Morgan fingerprint density at radius 2 is 2.16 bits per heavy atom. The van der Waals surface area contributed by atoms with Gasteiger partial charge in [0.2, 0.25) is 5.91 Å². The second-order valence-electron chi connectivity index (χ2n) is 4.21. The number of anilines is 1. The van der Waals surface area contributed by atoms with E-state index in [-0.39, 0.29) is 29.1 Å². The van der Waals surface area contributed by atoms with Crippen molar-refractivity contribution >= 4 is 23.2 Å². The predicted molar refractivity (Wildman–Crippen MR) is 64.9 cm³/mol. The standard InChI is InChI=1S/C12H10ClF3N2O/c1-2-7-5-10(19)18(6-7)8-3-4-9(12(14,15)16)17-11(8)13/h2-4,7H,1,5-6H2. The number of alkyl halides is 3. The molecule has 0 aliphatic carbocycles. The van der Waals surface area contributed by atoms with E-state index in [1.54, 1.807) is 6.08 Å². The Morgan fingerprint density at radius 1 is 1.47 bits per heavy atom. The molecule has 1 fully saturated rings. The molecule has 0 saturated carbocycles. The molecule has 1 aliphatic rings. The average molecular weight is 291 g/mol. The summed E-state index contributed by atoms with van der Waals surface area (Å²) in [7, 11) is 0. The van der Waals surface area contributed by atoms with Crippen molar-refractivity contribution in [2.75, 3.05) is 11.4 Å². The highest BCUT2D eigenvalue weighted by Gasteiger charge is 2.35. The number of hydrogen-bond donors (Lipinski definition) is 0. The Kier molecular flexibility index (Phi) is 3.54. The minimum Gasteiger partial charge on any atom is -0.309 e. The summed E-state index contributed by atoms with van der Waals surface area (Å²) in [6.07, 6.45) is -2.63. The van der Waals surface area contributed by atoms with E-state index < -0.39 is 11.9 Å². The van der Waals surface area contributed by atoms with E-state index in [1.807, 2.05) is 0 Å². The first-order chi connectivity index (χ1) is 8.82. The molecular weight excluding hydrogens is 281 g/mol. The van der Waals surface area contributed by atoms with Crippen LogP contribution in [-0.4, -0.2) is 17.4 Å². The number of amides is 1. The first kappa shape index (κ1) is 13.9. The summed E-state index contributed by atoms with van der Waals surface area (Å²) in [5.74, 6) is -0.223. The number of rotatable bonds is 2. The van der Waals surface area contributed by atoms with Gasteiger partial charge in [-0.3, -0.25) is 4.79 Å². The van der Waals surface area contributed by atoms with Gasteiger partial charge in [0.15, 0.2) is 5.15 Å². The summed E-state index contributed by atoms with van der Waals surface area (Å²) in [6.45, 7) is 3.95. The maximum Gasteiger partial charge on any atom is 0.433 e. The van der Waals surface area contributed by atoms with Crippen molar-refractivity contribution in [1.82, 2.24) is 4.98 Å². The molecule has 0 N–H and O–H groups in total. The molecule has 1 aromatic rings. The van der Waals surface area contributed by atoms with Gasteiger partial charge in [-0.05, 0) is 12.1 Å². The Labute approximate surface area is 112 Å². The topological polar surface area (TPSA) is 33.2 Å². The van der Waals surface area contributed by atoms with Crippen LogP contribution >= 0.6 is 11.6 Å². The Balaban J connectivity index is 2.32. The highest BCUT2D eigenvalue weighted by atomic mass is 35.5. The Bertz CT molecular complexity index is 530. The number of hydrogen-bond acceptors (Lipinski definition) is 2. The summed E-state index contributed by atoms with van der Waals surface area (Å²) in [5, 5.41) is -0.326. The van der Waals surface area contributed by atoms with Crippen molar-refractivity contribution in [2.45, 2.75) is 12.6 Å². The lowest BCUT2D eigenvalue weighted by molar-refractivity contribution is -0.141. The van der Waals surface area contributed by atoms with Gasteiger partial charge in [-0.25, -0.2) is 4.98 Å². The van der Waals surface area contributed by atoms with Crippen LogP contribution in [0.4, 0.5) is 18.9 Å². The van der Waals surface area contributed by atoms with Crippen LogP contribution in [0.1, 0.15) is 12.1 Å². The third kappa shape index (κ3) is 2.73. The Hall–Kier alpha value is -1.56. The van der Waals surface area contributed by atoms with Crippen LogP contribution in [0, 0.1) is 5.92 Å². The summed E-state index contributed by atoms with van der Waals surface area (Å²) in [4.78, 5) is 16.4. The van der Waals surface area contributed by atoms with Crippen molar-refractivity contribution in [2.24, 2.45) is 5.92 Å². The predicted octanol–water partition coefficient (Wildman–Crippen LogP) is 3.29. The molecule has 2 heterocycles. The third-order valence-electron chi connectivity index (χ3n) is 2.90. The molecule has 3 nitrogen and oxygen atoms in total. The van der Waals surface area contributed by atoms with E-state index in [9.17, 15) is 18.0 Å². The molecule has 0 bridgehead atoms. The van der Waals surface area contributed by atoms with Crippen molar-refractivity contribution in [1.29, 1.82) is 0 Å². The largest absolute Gasteiger partial charge is 0.433 e. The lowest BCUT2D eigenvalue weighted by Crippen LogP contribution is -2.25. The van der Waals surface area contributed by atoms with E-state index in [4.69, 9.17) is 11.6 Å². The fraction of sp³-hybridized carbons (Fsp3) is 0.333. The molecular formula is C12H10ClF3N2O.